The van der Waals surface area contributed by atoms with Crippen molar-refractivity contribution in [3.05, 3.63) is 22.5 Å². The number of carboxylic acids is 1. The summed E-state index contributed by atoms with van der Waals surface area (Å²) in [6.07, 6.45) is 5.84. The molecule has 0 amide bonds. The molecule has 2 heterocycles. The molecule has 1 saturated carbocycles. The number of hydrogen-bond acceptors (Lipinski definition) is 4. The summed E-state index contributed by atoms with van der Waals surface area (Å²) >= 11 is 6.50. The van der Waals surface area contributed by atoms with Gasteiger partial charge in [0.2, 0.25) is 0 Å². The van der Waals surface area contributed by atoms with Gasteiger partial charge in [-0.05, 0) is 31.6 Å². The quantitative estimate of drug-likeness (QED) is 0.790. The Morgan fingerprint density at radius 3 is 2.62 bits per heavy atom. The number of rotatable bonds is 5. The molecule has 0 saturated heterocycles. The number of carbonyl (C=O) groups is 1. The normalized spacial score (nSPS) is 16.9. The molecule has 24 heavy (non-hydrogen) atoms. The van der Waals surface area contributed by atoms with E-state index in [1.165, 1.54) is 19.0 Å². The van der Waals surface area contributed by atoms with Crippen molar-refractivity contribution in [1.29, 1.82) is 0 Å². The van der Waals surface area contributed by atoms with Crippen LogP contribution in [0, 0.1) is 5.92 Å². The summed E-state index contributed by atoms with van der Waals surface area (Å²) < 4.78 is 1.60. The topological polar surface area (TPSA) is 79.5 Å². The number of anilines is 1. The first-order valence-corrected chi connectivity index (χ1v) is 8.85. The van der Waals surface area contributed by atoms with E-state index in [-0.39, 0.29) is 17.3 Å². The van der Waals surface area contributed by atoms with Crippen molar-refractivity contribution < 1.29 is 9.90 Å². The van der Waals surface area contributed by atoms with Crippen LogP contribution in [0.3, 0.4) is 0 Å². The fraction of sp³-hybridized carbons (Fsp3) is 0.588. The zero-order valence-corrected chi connectivity index (χ0v) is 15.0. The van der Waals surface area contributed by atoms with Crippen LogP contribution < -0.4 is 5.32 Å². The molecule has 2 aromatic rings. The third-order valence-corrected chi connectivity index (χ3v) is 5.28. The van der Waals surface area contributed by atoms with Gasteiger partial charge in [0.25, 0.3) is 0 Å². The summed E-state index contributed by atoms with van der Waals surface area (Å²) in [5, 5.41) is 17.5. The van der Waals surface area contributed by atoms with Crippen molar-refractivity contribution in [3.63, 3.8) is 0 Å². The number of carboxylic acid groups (broad SMARTS) is 1. The number of fused-ring (bicyclic) bond motifs is 1. The Morgan fingerprint density at radius 2 is 2.04 bits per heavy atom. The molecule has 0 aliphatic heterocycles. The lowest BCUT2D eigenvalue weighted by atomic mass is 9.98. The first-order valence-electron chi connectivity index (χ1n) is 8.47. The van der Waals surface area contributed by atoms with Gasteiger partial charge in [-0.3, -0.25) is 0 Å². The molecule has 130 valence electrons. The zero-order chi connectivity index (χ0) is 17.4. The Morgan fingerprint density at radius 1 is 1.38 bits per heavy atom. The maximum absolute atomic E-state index is 11.4. The van der Waals surface area contributed by atoms with E-state index in [2.05, 4.69) is 36.2 Å². The fourth-order valence-electron chi connectivity index (χ4n) is 3.23. The Bertz CT molecular complexity index is 766. The maximum Gasteiger partial charge on any atom is 0.341 e. The van der Waals surface area contributed by atoms with Gasteiger partial charge in [-0.15, -0.1) is 0 Å². The van der Waals surface area contributed by atoms with E-state index >= 15 is 0 Å². The molecule has 1 aliphatic rings. The molecule has 2 aromatic heterocycles. The van der Waals surface area contributed by atoms with E-state index in [9.17, 15) is 9.90 Å². The Balaban J connectivity index is 2.20. The van der Waals surface area contributed by atoms with Gasteiger partial charge in [0.15, 0.2) is 5.65 Å². The molecule has 1 aliphatic carbocycles. The van der Waals surface area contributed by atoms with E-state index in [1.54, 1.807) is 4.52 Å². The number of aromatic carboxylic acids is 1. The van der Waals surface area contributed by atoms with Crippen molar-refractivity contribution in [2.24, 2.45) is 5.92 Å². The van der Waals surface area contributed by atoms with Gasteiger partial charge in [0, 0.05) is 11.6 Å². The highest BCUT2D eigenvalue weighted by molar-refractivity contribution is 6.30. The Labute approximate surface area is 146 Å². The summed E-state index contributed by atoms with van der Waals surface area (Å²) in [6.45, 7) is 6.38. The van der Waals surface area contributed by atoms with Crippen molar-refractivity contribution in [1.82, 2.24) is 14.6 Å². The first-order chi connectivity index (χ1) is 11.4. The Kier molecular flexibility index (Phi) is 4.67. The lowest BCUT2D eigenvalue weighted by molar-refractivity contribution is 0.0699. The molecule has 0 aromatic carbocycles. The molecule has 7 heteroatoms. The SMILES string of the molecule is CC(C)[C@@H](C)Nc1c(C2CCCC2)c(Cl)nc2c(C(=O)O)cnn12. The second-order valence-corrected chi connectivity index (χ2v) is 7.28. The minimum Gasteiger partial charge on any atom is -0.477 e. The summed E-state index contributed by atoms with van der Waals surface area (Å²) in [5.74, 6) is 0.488. The minimum atomic E-state index is -1.05. The van der Waals surface area contributed by atoms with Crippen LogP contribution in [0.15, 0.2) is 6.20 Å². The van der Waals surface area contributed by atoms with Crippen LogP contribution in [0.5, 0.6) is 0 Å². The summed E-state index contributed by atoms with van der Waals surface area (Å²) in [4.78, 5) is 15.8. The maximum atomic E-state index is 11.4. The summed E-state index contributed by atoms with van der Waals surface area (Å²) in [5.41, 5.74) is 1.32. The van der Waals surface area contributed by atoms with Gasteiger partial charge in [-0.2, -0.15) is 9.61 Å². The fourth-order valence-corrected chi connectivity index (χ4v) is 3.55. The lowest BCUT2D eigenvalue weighted by Crippen LogP contribution is -2.25. The van der Waals surface area contributed by atoms with E-state index in [4.69, 9.17) is 11.6 Å². The minimum absolute atomic E-state index is 0.0649. The predicted molar refractivity (Wildman–Crippen MR) is 94.1 cm³/mol. The molecule has 2 N–H and O–H groups in total. The van der Waals surface area contributed by atoms with Gasteiger partial charge in [0.05, 0.1) is 6.20 Å². The highest BCUT2D eigenvalue weighted by Gasteiger charge is 2.28. The van der Waals surface area contributed by atoms with E-state index < -0.39 is 5.97 Å². The van der Waals surface area contributed by atoms with Crippen molar-refractivity contribution in [2.75, 3.05) is 5.32 Å². The zero-order valence-electron chi connectivity index (χ0n) is 14.2. The molecule has 0 spiro atoms. The number of nitrogens with one attached hydrogen (secondary N) is 1. The largest absolute Gasteiger partial charge is 0.477 e. The first kappa shape index (κ1) is 17.0. The van der Waals surface area contributed by atoms with Crippen molar-refractivity contribution in [3.8, 4) is 0 Å². The predicted octanol–water partition coefficient (Wildman–Crippen LogP) is 4.19. The summed E-state index contributed by atoms with van der Waals surface area (Å²) in [7, 11) is 0. The molecule has 1 atom stereocenters. The molecule has 6 nitrogen and oxygen atoms in total. The van der Waals surface area contributed by atoms with Crippen LogP contribution in [0.25, 0.3) is 5.65 Å². The van der Waals surface area contributed by atoms with Crippen molar-refractivity contribution >= 4 is 29.0 Å². The monoisotopic (exact) mass is 350 g/mol. The Hall–Kier alpha value is -1.82. The van der Waals surface area contributed by atoms with Crippen LogP contribution in [-0.2, 0) is 0 Å². The second kappa shape index (κ2) is 6.59. The third-order valence-electron chi connectivity index (χ3n) is 5.00. The van der Waals surface area contributed by atoms with Crippen LogP contribution in [0.1, 0.15) is 68.3 Å². The molecule has 0 bridgehead atoms. The van der Waals surface area contributed by atoms with Crippen LogP contribution in [0.4, 0.5) is 5.82 Å². The highest BCUT2D eigenvalue weighted by atomic mass is 35.5. The standard InChI is InChI=1S/C17H23ClN4O2/c1-9(2)10(3)20-16-13(11-6-4-5-7-11)14(18)21-15-12(17(23)24)8-19-22(15)16/h8-11,20H,4-7H2,1-3H3,(H,23,24)/t10-/m1/s1. The third kappa shape index (κ3) is 2.95. The van der Waals surface area contributed by atoms with Gasteiger partial charge < -0.3 is 10.4 Å². The highest BCUT2D eigenvalue weighted by Crippen LogP contribution is 2.41. The van der Waals surface area contributed by atoms with Gasteiger partial charge in [0.1, 0.15) is 16.5 Å². The van der Waals surface area contributed by atoms with Gasteiger partial charge in [-0.25, -0.2) is 9.78 Å². The van der Waals surface area contributed by atoms with E-state index in [0.29, 0.717) is 17.0 Å². The van der Waals surface area contributed by atoms with Crippen molar-refractivity contribution in [2.45, 2.75) is 58.4 Å². The van der Waals surface area contributed by atoms with E-state index in [1.807, 2.05) is 0 Å². The number of aromatic nitrogens is 3. The molecule has 3 rings (SSSR count). The molecule has 0 unspecified atom stereocenters. The molecular formula is C17H23ClN4O2. The van der Waals surface area contributed by atoms with Gasteiger partial charge in [-0.1, -0.05) is 38.3 Å². The average molecular weight is 351 g/mol. The number of hydrogen-bond donors (Lipinski definition) is 2. The summed E-state index contributed by atoms with van der Waals surface area (Å²) in [6, 6.07) is 0.198. The molecular weight excluding hydrogens is 328 g/mol. The second-order valence-electron chi connectivity index (χ2n) is 6.92. The average Bonchev–Trinajstić information content (AvgIpc) is 3.15. The van der Waals surface area contributed by atoms with Gasteiger partial charge >= 0.3 is 5.97 Å². The lowest BCUT2D eigenvalue weighted by Gasteiger charge is -2.24. The molecule has 0 radical (unpaired) electrons. The van der Waals surface area contributed by atoms with Crippen LogP contribution >= 0.6 is 11.6 Å². The number of halogens is 1. The molecule has 1 fully saturated rings. The van der Waals surface area contributed by atoms with Crippen LogP contribution in [0.2, 0.25) is 5.15 Å². The smallest absolute Gasteiger partial charge is 0.341 e. The van der Waals surface area contributed by atoms with E-state index in [0.717, 1.165) is 24.2 Å². The van der Waals surface area contributed by atoms with Crippen LogP contribution in [-0.4, -0.2) is 31.7 Å². The number of nitrogens with zero attached hydrogens (tertiary/aromatic N) is 3.